The molecule has 4 rings (SSSR count). The monoisotopic (exact) mass is 624 g/mol. The number of hydrogen-bond acceptors (Lipinski definition) is 7. The summed E-state index contributed by atoms with van der Waals surface area (Å²) in [5, 5.41) is 19.4. The summed E-state index contributed by atoms with van der Waals surface area (Å²) < 4.78 is 27.7. The molecule has 13 atom stereocenters. The van der Waals surface area contributed by atoms with Gasteiger partial charge in [-0.2, -0.15) is 0 Å². The summed E-state index contributed by atoms with van der Waals surface area (Å²) in [6, 6.07) is 0.558. The zero-order chi connectivity index (χ0) is 31.4. The van der Waals surface area contributed by atoms with E-state index in [-0.39, 0.29) is 23.5 Å². The van der Waals surface area contributed by atoms with Crippen LogP contribution in [0.3, 0.4) is 0 Å². The number of aliphatic hydroxyl groups excluding tert-OH is 1. The Morgan fingerprint density at radius 1 is 1.02 bits per heavy atom. The molecule has 0 spiro atoms. The van der Waals surface area contributed by atoms with Crippen molar-refractivity contribution in [1.82, 2.24) is 10.6 Å². The van der Waals surface area contributed by atoms with Gasteiger partial charge < -0.3 is 26.0 Å². The minimum Gasteiger partial charge on any atom is -0.750 e. The molecule has 0 bridgehead atoms. The molecule has 4 aliphatic rings. The van der Waals surface area contributed by atoms with Gasteiger partial charge in [0.1, 0.15) is 0 Å². The first kappa shape index (κ1) is 35.8. The van der Waals surface area contributed by atoms with E-state index in [9.17, 15) is 13.9 Å². The van der Waals surface area contributed by atoms with Crippen molar-refractivity contribution < 1.29 is 18.1 Å². The zero-order valence-corrected chi connectivity index (χ0v) is 29.1. The number of nitrogens with two attached hydrogens (primary N) is 1. The van der Waals surface area contributed by atoms with Gasteiger partial charge in [-0.15, -0.1) is 0 Å². The van der Waals surface area contributed by atoms with Gasteiger partial charge >= 0.3 is 0 Å². The van der Waals surface area contributed by atoms with Crippen LogP contribution in [0.15, 0.2) is 0 Å². The van der Waals surface area contributed by atoms with Gasteiger partial charge in [-0.05, 0) is 161 Å². The van der Waals surface area contributed by atoms with Gasteiger partial charge in [0.15, 0.2) is 0 Å². The molecule has 0 radical (unpaired) electrons. The maximum atomic E-state index is 11.9. The average Bonchev–Trinajstić information content (AvgIpc) is 3.39. The lowest BCUT2D eigenvalue weighted by molar-refractivity contribution is -0.198. The van der Waals surface area contributed by atoms with E-state index in [2.05, 4.69) is 38.3 Å². The van der Waals surface area contributed by atoms with Crippen molar-refractivity contribution >= 4 is 11.4 Å². The molecule has 4 saturated carbocycles. The molecule has 0 saturated heterocycles. The summed E-state index contributed by atoms with van der Waals surface area (Å²) in [6.45, 7) is 18.1. The summed E-state index contributed by atoms with van der Waals surface area (Å²) >= 11 is -2.46. The fourth-order valence-electron chi connectivity index (χ4n) is 10.9. The predicted molar refractivity (Wildman–Crippen MR) is 176 cm³/mol. The maximum Gasteiger partial charge on any atom is 0.0844 e. The Hall–Kier alpha value is -0.0900. The molecule has 7 nitrogen and oxygen atoms in total. The molecule has 0 amide bonds. The number of unbranched alkanes of at least 4 members (excludes halogenated alkanes) is 1. The van der Waals surface area contributed by atoms with E-state index in [1.165, 1.54) is 38.5 Å². The van der Waals surface area contributed by atoms with E-state index in [1.54, 1.807) is 0 Å². The summed E-state index contributed by atoms with van der Waals surface area (Å²) in [5.41, 5.74) is 6.06. The van der Waals surface area contributed by atoms with Gasteiger partial charge in [0.2, 0.25) is 0 Å². The average molecular weight is 625 g/mol. The van der Waals surface area contributed by atoms with Gasteiger partial charge in [0.05, 0.1) is 23.6 Å². The molecule has 43 heavy (non-hydrogen) atoms. The molecule has 0 aromatic carbocycles. The van der Waals surface area contributed by atoms with Crippen LogP contribution in [-0.4, -0.2) is 58.3 Å². The minimum absolute atomic E-state index is 0.176. The normalized spacial score (nSPS) is 41.3. The lowest BCUT2D eigenvalue weighted by Gasteiger charge is -2.66. The first-order chi connectivity index (χ1) is 20.4. The molecule has 7 unspecified atom stereocenters. The SMILES string of the molecule is CC(C)C(CC[C@H](C)C1CCC2C1[C@H](C)CC1C2[C@H](O)C[C@@]2(C)C[C@@H](NCCCNCCCCN)CC[C@]12C)OS(=O)[O-]. The second-order valence-electron chi connectivity index (χ2n) is 16.3. The largest absolute Gasteiger partial charge is 0.750 e. The fourth-order valence-corrected chi connectivity index (χ4v) is 11.5. The van der Waals surface area contributed by atoms with E-state index < -0.39 is 11.4 Å². The highest BCUT2D eigenvalue weighted by atomic mass is 32.2. The zero-order valence-electron chi connectivity index (χ0n) is 28.3. The van der Waals surface area contributed by atoms with E-state index >= 15 is 0 Å². The van der Waals surface area contributed by atoms with Crippen molar-refractivity contribution in [1.29, 1.82) is 0 Å². The van der Waals surface area contributed by atoms with Crippen LogP contribution < -0.4 is 16.4 Å². The third-order valence-electron chi connectivity index (χ3n) is 13.4. The van der Waals surface area contributed by atoms with Gasteiger partial charge in [-0.3, -0.25) is 4.18 Å². The Kier molecular flexibility index (Phi) is 13.0. The molecule has 252 valence electrons. The Morgan fingerprint density at radius 3 is 2.47 bits per heavy atom. The maximum absolute atomic E-state index is 11.9. The third kappa shape index (κ3) is 8.08. The van der Waals surface area contributed by atoms with Gasteiger partial charge in [-0.25, -0.2) is 4.21 Å². The quantitative estimate of drug-likeness (QED) is 0.127. The van der Waals surface area contributed by atoms with Crippen LogP contribution in [-0.2, 0) is 15.5 Å². The molecular weight excluding hydrogens is 558 g/mol. The molecule has 0 aliphatic heterocycles. The molecule has 8 heteroatoms. The van der Waals surface area contributed by atoms with Crippen molar-refractivity contribution in [2.45, 2.75) is 137 Å². The van der Waals surface area contributed by atoms with Crippen LogP contribution in [0.1, 0.15) is 119 Å². The number of nitrogens with one attached hydrogen (secondary N) is 2. The Morgan fingerprint density at radius 2 is 1.77 bits per heavy atom. The van der Waals surface area contributed by atoms with Crippen molar-refractivity contribution in [2.24, 2.45) is 63.9 Å². The topological polar surface area (TPSA) is 120 Å². The molecule has 0 heterocycles. The van der Waals surface area contributed by atoms with Crippen molar-refractivity contribution in [3.8, 4) is 0 Å². The molecule has 4 fully saturated rings. The highest BCUT2D eigenvalue weighted by molar-refractivity contribution is 7.74. The molecule has 0 aromatic rings. The van der Waals surface area contributed by atoms with Crippen molar-refractivity contribution in [2.75, 3.05) is 26.2 Å². The fraction of sp³-hybridized carbons (Fsp3) is 1.00. The lowest BCUT2D eigenvalue weighted by Crippen LogP contribution is -2.63. The Balaban J connectivity index is 1.35. The van der Waals surface area contributed by atoms with Crippen LogP contribution in [0, 0.1) is 58.2 Å². The van der Waals surface area contributed by atoms with E-state index in [0.717, 1.165) is 64.7 Å². The molecular formula is C35H66N3O4S-. The van der Waals surface area contributed by atoms with Crippen LogP contribution in [0.4, 0.5) is 0 Å². The Labute approximate surface area is 266 Å². The summed E-state index contributed by atoms with van der Waals surface area (Å²) in [5.74, 6) is 4.40. The van der Waals surface area contributed by atoms with Crippen LogP contribution >= 0.6 is 0 Å². The number of rotatable bonds is 16. The van der Waals surface area contributed by atoms with Crippen LogP contribution in [0.5, 0.6) is 0 Å². The number of fused-ring (bicyclic) bond motifs is 5. The summed E-state index contributed by atoms with van der Waals surface area (Å²) in [7, 11) is 0. The van der Waals surface area contributed by atoms with Crippen LogP contribution in [0.25, 0.3) is 0 Å². The number of aliphatic hydroxyl groups is 1. The van der Waals surface area contributed by atoms with Crippen LogP contribution in [0.2, 0.25) is 0 Å². The highest BCUT2D eigenvalue weighted by Gasteiger charge is 2.64. The van der Waals surface area contributed by atoms with Crippen molar-refractivity contribution in [3.63, 3.8) is 0 Å². The predicted octanol–water partition coefficient (Wildman–Crippen LogP) is 5.79. The minimum atomic E-state index is -2.46. The summed E-state index contributed by atoms with van der Waals surface area (Å²) in [6.07, 6.45) is 13.2. The Bertz CT molecular complexity index is 893. The standard InChI is InChI=1S/C35H67N3O4S/c1-23(2)31(42-43(40)41)13-10-24(3)27-11-12-28-32(27)25(4)20-29-33(28)30(39)22-34(5)21-26(14-15-35(29,34)6)38-19-9-18-37-17-8-7-16-36/h23-33,37-39H,7-22,36H2,1-6H3,(H,40,41)/p-1/t24-,25+,26-,27?,28?,29?,30+,31?,32?,33?,34+,35+/m0/s1. The molecule has 4 aliphatic carbocycles. The second-order valence-corrected chi connectivity index (χ2v) is 16.9. The van der Waals surface area contributed by atoms with E-state index in [0.29, 0.717) is 52.9 Å². The first-order valence-electron chi connectivity index (χ1n) is 18.0. The number of hydrogen-bond donors (Lipinski definition) is 4. The van der Waals surface area contributed by atoms with Gasteiger partial charge in [-0.1, -0.05) is 41.5 Å². The lowest BCUT2D eigenvalue weighted by atomic mass is 9.40. The second kappa shape index (κ2) is 15.7. The van der Waals surface area contributed by atoms with Gasteiger partial charge in [0, 0.05) is 6.04 Å². The first-order valence-corrected chi connectivity index (χ1v) is 19.0. The third-order valence-corrected chi connectivity index (χ3v) is 13.8. The summed E-state index contributed by atoms with van der Waals surface area (Å²) in [4.78, 5) is 0. The smallest absolute Gasteiger partial charge is 0.0844 e. The molecule has 0 aromatic heterocycles. The van der Waals surface area contributed by atoms with Crippen molar-refractivity contribution in [3.05, 3.63) is 0 Å². The highest BCUT2D eigenvalue weighted by Crippen LogP contribution is 2.69. The molecule has 5 N–H and O–H groups in total. The van der Waals surface area contributed by atoms with E-state index in [4.69, 9.17) is 9.92 Å². The van der Waals surface area contributed by atoms with Gasteiger partial charge in [0.25, 0.3) is 0 Å². The van der Waals surface area contributed by atoms with E-state index in [1.807, 2.05) is 13.8 Å².